The molecule has 5 rings (SSSR count). The summed E-state index contributed by atoms with van der Waals surface area (Å²) in [6.07, 6.45) is 2.42. The van der Waals surface area contributed by atoms with E-state index in [1.54, 1.807) is 25.3 Å². The zero-order valence-electron chi connectivity index (χ0n) is 18.7. The van der Waals surface area contributed by atoms with Crippen LogP contribution in [0.3, 0.4) is 0 Å². The van der Waals surface area contributed by atoms with E-state index in [-0.39, 0.29) is 11.2 Å². The topological polar surface area (TPSA) is 73.6 Å². The molecule has 33 heavy (non-hydrogen) atoms. The van der Waals surface area contributed by atoms with E-state index in [4.69, 9.17) is 23.4 Å². The van der Waals surface area contributed by atoms with Gasteiger partial charge >= 0.3 is 0 Å². The van der Waals surface area contributed by atoms with Gasteiger partial charge in [-0.15, -0.1) is 0 Å². The Morgan fingerprint density at radius 3 is 2.58 bits per heavy atom. The Bertz CT molecular complexity index is 1170. The van der Waals surface area contributed by atoms with E-state index in [1.165, 1.54) is 6.26 Å². The molecule has 0 saturated carbocycles. The fourth-order valence-corrected chi connectivity index (χ4v) is 4.32. The van der Waals surface area contributed by atoms with Crippen LogP contribution in [0.15, 0.2) is 51.9 Å². The van der Waals surface area contributed by atoms with Crippen molar-refractivity contribution in [3.63, 3.8) is 0 Å². The highest BCUT2D eigenvalue weighted by atomic mass is 16.5. The molecule has 174 valence electrons. The number of morpholine rings is 1. The molecule has 0 bridgehead atoms. The van der Waals surface area contributed by atoms with Crippen molar-refractivity contribution in [1.29, 1.82) is 0 Å². The fourth-order valence-electron chi connectivity index (χ4n) is 4.32. The van der Waals surface area contributed by atoms with Crippen LogP contribution in [-0.2, 0) is 11.3 Å². The summed E-state index contributed by atoms with van der Waals surface area (Å²) in [6.45, 7) is 6.77. The lowest BCUT2D eigenvalue weighted by atomic mass is 10.1. The van der Waals surface area contributed by atoms with Gasteiger partial charge in [0.25, 0.3) is 0 Å². The molecule has 0 amide bonds. The summed E-state index contributed by atoms with van der Waals surface area (Å²) in [5, 5.41) is 0.472. The Morgan fingerprint density at radius 1 is 0.970 bits per heavy atom. The minimum Gasteiger partial charge on any atom is -0.493 e. The number of benzene rings is 2. The summed E-state index contributed by atoms with van der Waals surface area (Å²) in [5.41, 5.74) is 1.21. The number of para-hydroxylation sites is 2. The molecule has 0 N–H and O–H groups in total. The molecule has 1 aromatic heterocycles. The summed E-state index contributed by atoms with van der Waals surface area (Å²) in [5.74, 6) is 1.88. The monoisotopic (exact) mass is 452 g/mol. The lowest BCUT2D eigenvalue weighted by Crippen LogP contribution is -2.39. The second kappa shape index (κ2) is 9.82. The standard InChI is InChI=1S/C25H28N2O6/c1-29-21-5-2-3-6-22(21)33-23-16-31-25-18(24(23)28)7-8-20-19(25)15-27(17-32-20)10-4-9-26-11-13-30-14-12-26/h2-3,5-8,16H,4,9-15,17H2,1H3. The molecular weight excluding hydrogens is 424 g/mol. The summed E-state index contributed by atoms with van der Waals surface area (Å²) in [6, 6.07) is 10.8. The Kier molecular flexibility index (Phi) is 6.48. The van der Waals surface area contributed by atoms with Crippen molar-refractivity contribution in [3.05, 3.63) is 58.4 Å². The van der Waals surface area contributed by atoms with Gasteiger partial charge < -0.3 is 23.4 Å². The maximum Gasteiger partial charge on any atom is 0.235 e. The highest BCUT2D eigenvalue weighted by Crippen LogP contribution is 2.34. The first-order valence-corrected chi connectivity index (χ1v) is 11.3. The van der Waals surface area contributed by atoms with E-state index < -0.39 is 0 Å². The smallest absolute Gasteiger partial charge is 0.235 e. The Balaban J connectivity index is 1.33. The molecule has 8 nitrogen and oxygen atoms in total. The van der Waals surface area contributed by atoms with E-state index in [1.807, 2.05) is 18.2 Å². The van der Waals surface area contributed by atoms with E-state index in [2.05, 4.69) is 9.80 Å². The van der Waals surface area contributed by atoms with Crippen molar-refractivity contribution >= 4 is 11.0 Å². The number of ether oxygens (including phenoxy) is 4. The highest BCUT2D eigenvalue weighted by Gasteiger charge is 2.23. The second-order valence-corrected chi connectivity index (χ2v) is 8.23. The van der Waals surface area contributed by atoms with Gasteiger partial charge in [0, 0.05) is 26.2 Å². The second-order valence-electron chi connectivity index (χ2n) is 8.23. The Hall–Kier alpha value is -3.07. The van der Waals surface area contributed by atoms with Gasteiger partial charge in [0.2, 0.25) is 11.2 Å². The lowest BCUT2D eigenvalue weighted by Gasteiger charge is -2.31. The van der Waals surface area contributed by atoms with Gasteiger partial charge in [0.1, 0.15) is 24.3 Å². The third-order valence-electron chi connectivity index (χ3n) is 6.10. The van der Waals surface area contributed by atoms with Crippen molar-refractivity contribution in [1.82, 2.24) is 9.80 Å². The molecule has 2 aromatic carbocycles. The van der Waals surface area contributed by atoms with Crippen LogP contribution in [0.1, 0.15) is 12.0 Å². The van der Waals surface area contributed by atoms with Crippen LogP contribution >= 0.6 is 0 Å². The van der Waals surface area contributed by atoms with Crippen LogP contribution in [-0.4, -0.2) is 63.0 Å². The average molecular weight is 453 g/mol. The maximum absolute atomic E-state index is 13.2. The molecule has 8 heteroatoms. The van der Waals surface area contributed by atoms with Crippen LogP contribution in [0.4, 0.5) is 0 Å². The van der Waals surface area contributed by atoms with Crippen molar-refractivity contribution in [3.8, 4) is 23.0 Å². The average Bonchev–Trinajstić information content (AvgIpc) is 2.86. The predicted molar refractivity (Wildman–Crippen MR) is 123 cm³/mol. The quantitative estimate of drug-likeness (QED) is 0.540. The van der Waals surface area contributed by atoms with Crippen molar-refractivity contribution in [2.75, 3.05) is 53.2 Å². The van der Waals surface area contributed by atoms with Gasteiger partial charge in [-0.2, -0.15) is 0 Å². The van der Waals surface area contributed by atoms with E-state index in [9.17, 15) is 4.79 Å². The molecule has 0 spiro atoms. The summed E-state index contributed by atoms with van der Waals surface area (Å²) >= 11 is 0. The van der Waals surface area contributed by atoms with Gasteiger partial charge in [-0.05, 0) is 37.2 Å². The van der Waals surface area contributed by atoms with Gasteiger partial charge in [0.05, 0.1) is 31.3 Å². The number of fused-ring (bicyclic) bond motifs is 3. The largest absolute Gasteiger partial charge is 0.493 e. The molecule has 2 aliphatic heterocycles. The van der Waals surface area contributed by atoms with Crippen molar-refractivity contribution in [2.45, 2.75) is 13.0 Å². The van der Waals surface area contributed by atoms with Crippen LogP contribution in [0.25, 0.3) is 11.0 Å². The Labute approximate surface area is 192 Å². The van der Waals surface area contributed by atoms with Crippen LogP contribution in [0, 0.1) is 0 Å². The SMILES string of the molecule is COc1ccccc1Oc1coc2c3c(ccc2c1=O)OCN(CCCN1CCOCC1)C3. The molecule has 0 unspecified atom stereocenters. The molecule has 3 aromatic rings. The summed E-state index contributed by atoms with van der Waals surface area (Å²) in [4.78, 5) is 17.8. The van der Waals surface area contributed by atoms with Gasteiger partial charge in [0.15, 0.2) is 11.5 Å². The van der Waals surface area contributed by atoms with Crippen LogP contribution < -0.4 is 19.6 Å². The van der Waals surface area contributed by atoms with E-state index in [0.717, 1.165) is 57.1 Å². The molecule has 3 heterocycles. The first-order chi connectivity index (χ1) is 16.2. The normalized spacial score (nSPS) is 16.9. The minimum atomic E-state index is -0.227. The molecular formula is C25H28N2O6. The number of methoxy groups -OCH3 is 1. The molecule has 0 radical (unpaired) electrons. The lowest BCUT2D eigenvalue weighted by molar-refractivity contribution is 0.0330. The number of rotatable bonds is 7. The third kappa shape index (κ3) is 4.68. The molecule has 1 saturated heterocycles. The van der Waals surface area contributed by atoms with Gasteiger partial charge in [-0.3, -0.25) is 14.6 Å². The van der Waals surface area contributed by atoms with Crippen molar-refractivity contribution < 1.29 is 23.4 Å². The van der Waals surface area contributed by atoms with Crippen LogP contribution in [0.5, 0.6) is 23.0 Å². The number of hydrogen-bond acceptors (Lipinski definition) is 8. The van der Waals surface area contributed by atoms with Gasteiger partial charge in [-0.1, -0.05) is 12.1 Å². The third-order valence-corrected chi connectivity index (χ3v) is 6.10. The fraction of sp³-hybridized carbons (Fsp3) is 0.400. The molecule has 2 aliphatic rings. The maximum atomic E-state index is 13.2. The zero-order valence-corrected chi connectivity index (χ0v) is 18.7. The van der Waals surface area contributed by atoms with Crippen LogP contribution in [0.2, 0.25) is 0 Å². The summed E-state index contributed by atoms with van der Waals surface area (Å²) < 4.78 is 28.4. The predicted octanol–water partition coefficient (Wildman–Crippen LogP) is 3.47. The first-order valence-electron chi connectivity index (χ1n) is 11.3. The molecule has 0 atom stereocenters. The number of hydrogen-bond donors (Lipinski definition) is 0. The molecule has 1 fully saturated rings. The van der Waals surface area contributed by atoms with E-state index >= 15 is 0 Å². The summed E-state index contributed by atoms with van der Waals surface area (Å²) in [7, 11) is 1.56. The molecule has 0 aliphatic carbocycles. The van der Waals surface area contributed by atoms with Crippen molar-refractivity contribution in [2.24, 2.45) is 0 Å². The van der Waals surface area contributed by atoms with Gasteiger partial charge in [-0.25, -0.2) is 0 Å². The Morgan fingerprint density at radius 2 is 1.76 bits per heavy atom. The number of nitrogens with zero attached hydrogens (tertiary/aromatic N) is 2. The first kappa shape index (κ1) is 21.8. The zero-order chi connectivity index (χ0) is 22.6. The minimum absolute atomic E-state index is 0.117. The van der Waals surface area contributed by atoms with E-state index in [0.29, 0.717) is 35.7 Å². The highest BCUT2D eigenvalue weighted by molar-refractivity contribution is 5.83.